The average Bonchev–Trinajstić information content (AvgIpc) is 2.91. The molecule has 1 aliphatic heterocycles. The zero-order valence-corrected chi connectivity index (χ0v) is 13.6. The number of halogens is 3. The third kappa shape index (κ3) is 5.01. The Morgan fingerprint density at radius 1 is 1.04 bits per heavy atom. The van der Waals surface area contributed by atoms with Gasteiger partial charge in [-0.05, 0) is 18.8 Å². The van der Waals surface area contributed by atoms with E-state index in [1.165, 1.54) is 19.3 Å². The van der Waals surface area contributed by atoms with Crippen LogP contribution < -0.4 is 5.32 Å². The predicted molar refractivity (Wildman–Crippen MR) is 81.5 cm³/mol. The summed E-state index contributed by atoms with van der Waals surface area (Å²) in [5.74, 6) is -4.74. The van der Waals surface area contributed by atoms with Gasteiger partial charge in [0.25, 0.3) is 0 Å². The maximum atomic E-state index is 12.9. The first-order valence-corrected chi connectivity index (χ1v) is 8.61. The second-order valence-corrected chi connectivity index (χ2v) is 6.90. The minimum Gasteiger partial charge on any atom is -0.481 e. The molecule has 1 heterocycles. The van der Waals surface area contributed by atoms with Gasteiger partial charge >= 0.3 is 18.2 Å². The van der Waals surface area contributed by atoms with E-state index in [4.69, 9.17) is 5.11 Å². The molecule has 138 valence electrons. The number of carbonyl (C=O) groups is 2. The lowest BCUT2D eigenvalue weighted by atomic mass is 9.91. The highest BCUT2D eigenvalue weighted by molar-refractivity contribution is 5.77. The molecule has 0 spiro atoms. The van der Waals surface area contributed by atoms with Gasteiger partial charge in [-0.15, -0.1) is 0 Å². The first kappa shape index (κ1) is 18.9. The number of rotatable bonds is 3. The first-order valence-electron chi connectivity index (χ1n) is 8.61. The fourth-order valence-corrected chi connectivity index (χ4v) is 3.64. The van der Waals surface area contributed by atoms with E-state index in [0.29, 0.717) is 12.5 Å². The number of amides is 2. The van der Waals surface area contributed by atoms with E-state index in [1.807, 2.05) is 0 Å². The quantitative estimate of drug-likeness (QED) is 0.821. The Morgan fingerprint density at radius 2 is 1.62 bits per heavy atom. The highest BCUT2D eigenvalue weighted by atomic mass is 19.4. The third-order valence-electron chi connectivity index (χ3n) is 5.11. The van der Waals surface area contributed by atoms with E-state index in [-0.39, 0.29) is 0 Å². The van der Waals surface area contributed by atoms with Crippen LogP contribution in [0.15, 0.2) is 0 Å². The van der Waals surface area contributed by atoms with E-state index >= 15 is 0 Å². The molecule has 0 aromatic heterocycles. The predicted octanol–water partition coefficient (Wildman–Crippen LogP) is 3.25. The summed E-state index contributed by atoms with van der Waals surface area (Å²) in [6.07, 6.45) is 3.25. The number of nitrogens with zero attached hydrogens (tertiary/aromatic N) is 1. The Labute approximate surface area is 139 Å². The number of alkyl halides is 3. The second kappa shape index (κ2) is 8.07. The molecule has 24 heavy (non-hydrogen) atoms. The first-order chi connectivity index (χ1) is 11.3. The number of hydrogen-bond acceptors (Lipinski definition) is 2. The summed E-state index contributed by atoms with van der Waals surface area (Å²) in [6, 6.07) is -0.588. The standard InChI is InChI=1S/C16H25F3N2O3/c17-16(18,19)13-10-21(9-12(13)14(22)23)15(24)20-8-11-6-4-2-1-3-5-7-11/h11-13H,1-10H2,(H,20,24)(H,22,23)/t12-,13-/m1/s1. The molecular formula is C16H25F3N2O3. The number of likely N-dealkylation sites (tertiary alicyclic amines) is 1. The average molecular weight is 350 g/mol. The van der Waals surface area contributed by atoms with Gasteiger partial charge in [-0.1, -0.05) is 32.1 Å². The minimum absolute atomic E-state index is 0.352. The van der Waals surface area contributed by atoms with Crippen molar-refractivity contribution in [3.05, 3.63) is 0 Å². The molecule has 1 saturated heterocycles. The molecule has 2 rings (SSSR count). The molecule has 0 bridgehead atoms. The van der Waals surface area contributed by atoms with Gasteiger partial charge in [-0.3, -0.25) is 4.79 Å². The van der Waals surface area contributed by atoms with E-state index in [1.54, 1.807) is 0 Å². The third-order valence-corrected chi connectivity index (χ3v) is 5.11. The zero-order valence-electron chi connectivity index (χ0n) is 13.6. The molecule has 1 aliphatic carbocycles. The Balaban J connectivity index is 1.87. The van der Waals surface area contributed by atoms with Crippen LogP contribution in [-0.2, 0) is 4.79 Å². The molecule has 2 atom stereocenters. The summed E-state index contributed by atoms with van der Waals surface area (Å²) in [5, 5.41) is 11.7. The van der Waals surface area contributed by atoms with Crippen molar-refractivity contribution in [2.45, 2.75) is 51.1 Å². The van der Waals surface area contributed by atoms with Crippen LogP contribution in [0.3, 0.4) is 0 Å². The van der Waals surface area contributed by atoms with Crippen molar-refractivity contribution in [1.82, 2.24) is 10.2 Å². The number of carbonyl (C=O) groups excluding carboxylic acids is 1. The van der Waals surface area contributed by atoms with Gasteiger partial charge in [0.05, 0.1) is 11.8 Å². The molecule has 2 amide bonds. The zero-order chi connectivity index (χ0) is 17.7. The Kier molecular flexibility index (Phi) is 6.34. The Hall–Kier alpha value is -1.47. The maximum absolute atomic E-state index is 12.9. The lowest BCUT2D eigenvalue weighted by Crippen LogP contribution is -2.41. The fraction of sp³-hybridized carbons (Fsp3) is 0.875. The van der Waals surface area contributed by atoms with Crippen molar-refractivity contribution in [2.75, 3.05) is 19.6 Å². The molecule has 5 nitrogen and oxygen atoms in total. The van der Waals surface area contributed by atoms with E-state index in [9.17, 15) is 22.8 Å². The van der Waals surface area contributed by atoms with Crippen LogP contribution in [0.1, 0.15) is 44.9 Å². The molecule has 2 aliphatic rings. The minimum atomic E-state index is -4.61. The second-order valence-electron chi connectivity index (χ2n) is 6.90. The van der Waals surface area contributed by atoms with Crippen LogP contribution >= 0.6 is 0 Å². The van der Waals surface area contributed by atoms with Crippen molar-refractivity contribution in [2.24, 2.45) is 17.8 Å². The normalized spacial score (nSPS) is 26.7. The summed E-state index contributed by atoms with van der Waals surface area (Å²) in [4.78, 5) is 24.2. The van der Waals surface area contributed by atoms with Crippen molar-refractivity contribution >= 4 is 12.0 Å². The summed E-state index contributed by atoms with van der Waals surface area (Å²) < 4.78 is 38.8. The van der Waals surface area contributed by atoms with Crippen molar-refractivity contribution in [3.63, 3.8) is 0 Å². The van der Waals surface area contributed by atoms with Crippen LogP contribution in [0.2, 0.25) is 0 Å². The molecule has 0 radical (unpaired) electrons. The fourth-order valence-electron chi connectivity index (χ4n) is 3.64. The molecular weight excluding hydrogens is 325 g/mol. The van der Waals surface area contributed by atoms with Gasteiger partial charge in [0.15, 0.2) is 0 Å². The topological polar surface area (TPSA) is 69.6 Å². The SMILES string of the molecule is O=C(O)[C@@H]1CN(C(=O)NCC2CCCCCCC2)C[C@H]1C(F)(F)F. The van der Waals surface area contributed by atoms with Gasteiger partial charge in [-0.25, -0.2) is 4.79 Å². The van der Waals surface area contributed by atoms with E-state index in [0.717, 1.165) is 30.6 Å². The highest BCUT2D eigenvalue weighted by Gasteiger charge is 2.53. The van der Waals surface area contributed by atoms with Gasteiger partial charge < -0.3 is 15.3 Å². The number of carboxylic acids is 1. The van der Waals surface area contributed by atoms with Crippen molar-refractivity contribution in [1.29, 1.82) is 0 Å². The van der Waals surface area contributed by atoms with E-state index < -0.39 is 43.1 Å². The lowest BCUT2D eigenvalue weighted by molar-refractivity contribution is -0.187. The van der Waals surface area contributed by atoms with Gasteiger partial charge in [0.1, 0.15) is 0 Å². The number of nitrogens with one attached hydrogen (secondary N) is 1. The van der Waals surface area contributed by atoms with Crippen LogP contribution in [0.4, 0.5) is 18.0 Å². The van der Waals surface area contributed by atoms with Crippen molar-refractivity contribution in [3.8, 4) is 0 Å². The van der Waals surface area contributed by atoms with Crippen molar-refractivity contribution < 1.29 is 27.9 Å². The summed E-state index contributed by atoms with van der Waals surface area (Å²) in [7, 11) is 0. The summed E-state index contributed by atoms with van der Waals surface area (Å²) in [6.45, 7) is -0.531. The van der Waals surface area contributed by atoms with E-state index in [2.05, 4.69) is 5.32 Å². The Bertz CT molecular complexity index is 448. The van der Waals surface area contributed by atoms with Gasteiger partial charge in [0, 0.05) is 19.6 Å². The highest BCUT2D eigenvalue weighted by Crippen LogP contribution is 2.37. The van der Waals surface area contributed by atoms with Crippen LogP contribution in [0.25, 0.3) is 0 Å². The van der Waals surface area contributed by atoms with Gasteiger partial charge in [0.2, 0.25) is 0 Å². The summed E-state index contributed by atoms with van der Waals surface area (Å²) >= 11 is 0. The number of carboxylic acid groups (broad SMARTS) is 1. The molecule has 1 saturated carbocycles. The smallest absolute Gasteiger partial charge is 0.394 e. The summed E-state index contributed by atoms with van der Waals surface area (Å²) in [5.41, 5.74) is 0. The largest absolute Gasteiger partial charge is 0.481 e. The molecule has 0 aromatic rings. The van der Waals surface area contributed by atoms with Crippen LogP contribution in [0.5, 0.6) is 0 Å². The molecule has 2 fully saturated rings. The van der Waals surface area contributed by atoms with Gasteiger partial charge in [-0.2, -0.15) is 13.2 Å². The lowest BCUT2D eigenvalue weighted by Gasteiger charge is -2.23. The monoisotopic (exact) mass is 350 g/mol. The number of urea groups is 1. The van der Waals surface area contributed by atoms with Crippen LogP contribution in [-0.4, -0.2) is 47.8 Å². The molecule has 2 N–H and O–H groups in total. The maximum Gasteiger partial charge on any atom is 0.394 e. The van der Waals surface area contributed by atoms with Crippen LogP contribution in [0, 0.1) is 17.8 Å². The number of hydrogen-bond donors (Lipinski definition) is 2. The molecule has 0 aromatic carbocycles. The molecule has 0 unspecified atom stereocenters. The Morgan fingerprint density at radius 3 is 2.12 bits per heavy atom. The molecule has 8 heteroatoms. The number of aliphatic carboxylic acids is 1.